The zero-order valence-corrected chi connectivity index (χ0v) is 19.0. The predicted molar refractivity (Wildman–Crippen MR) is 121 cm³/mol. The molecule has 34 heavy (non-hydrogen) atoms. The van der Waals surface area contributed by atoms with Crippen molar-refractivity contribution in [3.8, 4) is 0 Å². The first-order valence-electron chi connectivity index (χ1n) is 9.91. The molecule has 0 aliphatic heterocycles. The number of nitrogens with zero attached hydrogens (tertiary/aromatic N) is 1. The van der Waals surface area contributed by atoms with Crippen molar-refractivity contribution in [2.75, 3.05) is 11.9 Å². The zero-order chi connectivity index (χ0) is 24.9. The molecule has 3 aromatic rings. The topological polar surface area (TPSA) is 158 Å². The van der Waals surface area contributed by atoms with Gasteiger partial charge in [-0.2, -0.15) is 0 Å². The largest absolute Gasteiger partial charge is 0.468 e. The van der Waals surface area contributed by atoms with Gasteiger partial charge >= 0.3 is 5.97 Å². The minimum Gasteiger partial charge on any atom is -0.468 e. The number of furan rings is 1. The number of hydrogen-bond acceptors (Lipinski definition) is 8. The summed E-state index contributed by atoms with van der Waals surface area (Å²) in [5.74, 6) is -1.12. The number of sulfonamides is 1. The summed E-state index contributed by atoms with van der Waals surface area (Å²) in [6.45, 7) is 2.49. The van der Waals surface area contributed by atoms with Crippen molar-refractivity contribution >= 4 is 33.3 Å². The van der Waals surface area contributed by atoms with Gasteiger partial charge in [-0.05, 0) is 55.3 Å². The summed E-state index contributed by atoms with van der Waals surface area (Å²) in [4.78, 5) is 34.8. The van der Waals surface area contributed by atoms with E-state index in [2.05, 4.69) is 10.0 Å². The van der Waals surface area contributed by atoms with Crippen LogP contribution in [0.25, 0.3) is 0 Å². The standard InChI is InChI=1S/C22H21N3O8S/c1-14-5-7-18(34(30,31)23-12-17-4-3-9-32-17)11-19(14)22(27)33-13-21(26)24-20-8-6-16(25(28)29)10-15(20)2/h3-11,23H,12-13H2,1-2H3,(H,24,26). The van der Waals surface area contributed by atoms with Crippen molar-refractivity contribution < 1.29 is 32.1 Å². The SMILES string of the molecule is Cc1cc([N+](=O)[O-])ccc1NC(=O)COC(=O)c1cc(S(=O)(=O)NCc2ccco2)ccc1C. The lowest BCUT2D eigenvalue weighted by atomic mass is 10.1. The minimum absolute atomic E-state index is 0.0137. The summed E-state index contributed by atoms with van der Waals surface area (Å²) in [5, 5.41) is 13.3. The Morgan fingerprint density at radius 3 is 2.50 bits per heavy atom. The molecule has 0 bridgehead atoms. The van der Waals surface area contributed by atoms with E-state index >= 15 is 0 Å². The summed E-state index contributed by atoms with van der Waals surface area (Å²) in [6.07, 6.45) is 1.42. The molecule has 0 saturated carbocycles. The van der Waals surface area contributed by atoms with E-state index in [0.717, 1.165) is 0 Å². The number of nitrogens with one attached hydrogen (secondary N) is 2. The van der Waals surface area contributed by atoms with Crippen LogP contribution in [0.4, 0.5) is 11.4 Å². The van der Waals surface area contributed by atoms with Crippen molar-refractivity contribution in [2.24, 2.45) is 0 Å². The Labute approximate surface area is 194 Å². The first-order chi connectivity index (χ1) is 16.1. The van der Waals surface area contributed by atoms with Gasteiger partial charge in [0.1, 0.15) is 5.76 Å². The first-order valence-corrected chi connectivity index (χ1v) is 11.4. The molecular weight excluding hydrogens is 466 g/mol. The summed E-state index contributed by atoms with van der Waals surface area (Å²) in [5.41, 5.74) is 1.12. The molecular formula is C22H21N3O8S. The van der Waals surface area contributed by atoms with Gasteiger partial charge in [-0.15, -0.1) is 0 Å². The lowest BCUT2D eigenvalue weighted by molar-refractivity contribution is -0.384. The van der Waals surface area contributed by atoms with E-state index in [1.54, 1.807) is 26.0 Å². The number of hydrogen-bond donors (Lipinski definition) is 2. The van der Waals surface area contributed by atoms with Crippen LogP contribution >= 0.6 is 0 Å². The number of nitro groups is 1. The van der Waals surface area contributed by atoms with Crippen LogP contribution in [-0.4, -0.2) is 31.8 Å². The van der Waals surface area contributed by atoms with Crippen LogP contribution < -0.4 is 10.0 Å². The highest BCUT2D eigenvalue weighted by molar-refractivity contribution is 7.89. The molecule has 0 saturated heterocycles. The molecule has 0 fully saturated rings. The van der Waals surface area contributed by atoms with E-state index in [1.807, 2.05) is 0 Å². The minimum atomic E-state index is -3.94. The molecule has 0 unspecified atom stereocenters. The molecule has 0 spiro atoms. The highest BCUT2D eigenvalue weighted by Gasteiger charge is 2.20. The number of anilines is 1. The summed E-state index contributed by atoms with van der Waals surface area (Å²) < 4.78 is 37.7. The van der Waals surface area contributed by atoms with Crippen LogP contribution in [0.15, 0.2) is 64.1 Å². The number of carbonyl (C=O) groups excluding carboxylic acids is 2. The van der Waals surface area contributed by atoms with Gasteiger partial charge in [0.25, 0.3) is 11.6 Å². The number of nitro benzene ring substituents is 1. The van der Waals surface area contributed by atoms with Gasteiger partial charge in [0.05, 0.1) is 28.2 Å². The van der Waals surface area contributed by atoms with Crippen LogP contribution in [0.1, 0.15) is 27.2 Å². The van der Waals surface area contributed by atoms with Crippen LogP contribution in [0.2, 0.25) is 0 Å². The van der Waals surface area contributed by atoms with E-state index in [9.17, 15) is 28.1 Å². The maximum atomic E-state index is 12.6. The van der Waals surface area contributed by atoms with Gasteiger partial charge in [0, 0.05) is 17.8 Å². The third-order valence-corrected chi connectivity index (χ3v) is 6.18. The maximum Gasteiger partial charge on any atom is 0.338 e. The molecule has 2 N–H and O–H groups in total. The fraction of sp³-hybridized carbons (Fsp3) is 0.182. The lowest BCUT2D eigenvalue weighted by Crippen LogP contribution is -2.24. The summed E-state index contributed by atoms with van der Waals surface area (Å²) in [6, 6.07) is 11.1. The molecule has 1 aromatic heterocycles. The number of carbonyl (C=O) groups is 2. The number of non-ortho nitro benzene ring substituents is 1. The van der Waals surface area contributed by atoms with Crippen LogP contribution in [0.5, 0.6) is 0 Å². The first kappa shape index (κ1) is 24.6. The van der Waals surface area contributed by atoms with Crippen molar-refractivity contribution in [3.63, 3.8) is 0 Å². The molecule has 12 heteroatoms. The fourth-order valence-electron chi connectivity index (χ4n) is 2.95. The second-order valence-corrected chi connectivity index (χ2v) is 9.03. The van der Waals surface area contributed by atoms with E-state index in [-0.39, 0.29) is 22.7 Å². The zero-order valence-electron chi connectivity index (χ0n) is 18.2. The van der Waals surface area contributed by atoms with Gasteiger partial charge in [-0.3, -0.25) is 14.9 Å². The van der Waals surface area contributed by atoms with Gasteiger partial charge in [-0.1, -0.05) is 6.07 Å². The number of esters is 1. The Morgan fingerprint density at radius 1 is 1.09 bits per heavy atom. The Balaban J connectivity index is 1.64. The molecule has 0 atom stereocenters. The molecule has 1 amide bonds. The number of rotatable bonds is 9. The van der Waals surface area contributed by atoms with E-state index in [4.69, 9.17) is 9.15 Å². The summed E-state index contributed by atoms with van der Waals surface area (Å²) >= 11 is 0. The van der Waals surface area contributed by atoms with Crippen LogP contribution in [-0.2, 0) is 26.1 Å². The summed E-state index contributed by atoms with van der Waals surface area (Å²) in [7, 11) is -3.94. The molecule has 11 nitrogen and oxygen atoms in total. The van der Waals surface area contributed by atoms with E-state index < -0.39 is 33.4 Å². The molecule has 2 aromatic carbocycles. The second-order valence-electron chi connectivity index (χ2n) is 7.26. The highest BCUT2D eigenvalue weighted by atomic mass is 32.2. The molecule has 0 aliphatic rings. The van der Waals surface area contributed by atoms with Crippen molar-refractivity contribution in [3.05, 3.63) is 87.4 Å². The normalized spacial score (nSPS) is 11.1. The van der Waals surface area contributed by atoms with Crippen molar-refractivity contribution in [1.82, 2.24) is 4.72 Å². The predicted octanol–water partition coefficient (Wildman–Crippen LogP) is 3.08. The number of ether oxygens (including phenoxy) is 1. The molecule has 3 rings (SSSR count). The molecule has 0 aliphatic carbocycles. The Hall–Kier alpha value is -4.03. The second kappa shape index (κ2) is 10.3. The fourth-order valence-corrected chi connectivity index (χ4v) is 3.97. The number of amides is 1. The van der Waals surface area contributed by atoms with Crippen LogP contribution in [0, 0.1) is 24.0 Å². The molecule has 1 heterocycles. The van der Waals surface area contributed by atoms with Gasteiger partial charge in [-0.25, -0.2) is 17.9 Å². The Kier molecular flexibility index (Phi) is 7.44. The van der Waals surface area contributed by atoms with Gasteiger partial charge in [0.2, 0.25) is 10.0 Å². The Bertz CT molecular complexity index is 1330. The highest BCUT2D eigenvalue weighted by Crippen LogP contribution is 2.21. The third-order valence-electron chi connectivity index (χ3n) is 4.79. The molecule has 0 radical (unpaired) electrons. The van der Waals surface area contributed by atoms with Crippen molar-refractivity contribution in [1.29, 1.82) is 0 Å². The Morgan fingerprint density at radius 2 is 1.85 bits per heavy atom. The van der Waals surface area contributed by atoms with Gasteiger partial charge in [0.15, 0.2) is 6.61 Å². The van der Waals surface area contributed by atoms with E-state index in [0.29, 0.717) is 22.6 Å². The third kappa shape index (κ3) is 6.05. The average Bonchev–Trinajstić information content (AvgIpc) is 3.31. The van der Waals surface area contributed by atoms with E-state index in [1.165, 1.54) is 42.7 Å². The smallest absolute Gasteiger partial charge is 0.338 e. The number of benzene rings is 2. The average molecular weight is 487 g/mol. The van der Waals surface area contributed by atoms with Gasteiger partial charge < -0.3 is 14.5 Å². The lowest BCUT2D eigenvalue weighted by Gasteiger charge is -2.11. The van der Waals surface area contributed by atoms with Crippen LogP contribution in [0.3, 0.4) is 0 Å². The monoisotopic (exact) mass is 487 g/mol. The van der Waals surface area contributed by atoms with Crippen molar-refractivity contribution in [2.45, 2.75) is 25.3 Å². The molecule has 178 valence electrons. The maximum absolute atomic E-state index is 12.6. The number of aryl methyl sites for hydroxylation is 2. The quantitative estimate of drug-likeness (QED) is 0.265.